The Kier molecular flexibility index (Phi) is 4.08. The van der Waals surface area contributed by atoms with Crippen molar-refractivity contribution >= 4 is 5.82 Å². The first-order chi connectivity index (χ1) is 11.7. The van der Waals surface area contributed by atoms with Crippen LogP contribution in [0.1, 0.15) is 38.3 Å². The SMILES string of the molecule is CCc1cc(=O)[nH]c(-c2ccc(NCC3CC4CCC3C4)nc2)n1. The lowest BCUT2D eigenvalue weighted by Crippen LogP contribution is -2.20. The van der Waals surface area contributed by atoms with Crippen molar-refractivity contribution in [2.75, 3.05) is 11.9 Å². The normalized spacial score (nSPS) is 25.1. The highest BCUT2D eigenvalue weighted by molar-refractivity contribution is 5.55. The van der Waals surface area contributed by atoms with Crippen LogP contribution in [-0.4, -0.2) is 21.5 Å². The summed E-state index contributed by atoms with van der Waals surface area (Å²) < 4.78 is 0. The monoisotopic (exact) mass is 324 g/mol. The lowest BCUT2D eigenvalue weighted by molar-refractivity contribution is 0.348. The second kappa shape index (κ2) is 6.38. The Balaban J connectivity index is 1.43. The van der Waals surface area contributed by atoms with Gasteiger partial charge < -0.3 is 10.3 Å². The average molecular weight is 324 g/mol. The highest BCUT2D eigenvalue weighted by Crippen LogP contribution is 2.48. The molecule has 2 fully saturated rings. The van der Waals surface area contributed by atoms with E-state index in [-0.39, 0.29) is 5.56 Å². The summed E-state index contributed by atoms with van der Waals surface area (Å²) in [6.07, 6.45) is 8.19. The summed E-state index contributed by atoms with van der Waals surface area (Å²) >= 11 is 0. The summed E-state index contributed by atoms with van der Waals surface area (Å²) in [5.41, 5.74) is 1.52. The molecule has 24 heavy (non-hydrogen) atoms. The minimum atomic E-state index is -0.115. The van der Waals surface area contributed by atoms with Crippen LogP contribution < -0.4 is 10.9 Å². The van der Waals surface area contributed by atoms with Crippen molar-refractivity contribution in [1.82, 2.24) is 15.0 Å². The molecule has 0 saturated heterocycles. The molecule has 2 aliphatic rings. The lowest BCUT2D eigenvalue weighted by Gasteiger charge is -2.22. The number of aromatic amines is 1. The van der Waals surface area contributed by atoms with Gasteiger partial charge >= 0.3 is 0 Å². The van der Waals surface area contributed by atoms with E-state index in [2.05, 4.69) is 20.3 Å². The van der Waals surface area contributed by atoms with Gasteiger partial charge in [0.2, 0.25) is 0 Å². The third-order valence-corrected chi connectivity index (χ3v) is 5.62. The molecule has 3 unspecified atom stereocenters. The number of hydrogen-bond acceptors (Lipinski definition) is 4. The third kappa shape index (κ3) is 3.07. The largest absolute Gasteiger partial charge is 0.370 e. The fraction of sp³-hybridized carbons (Fsp3) is 0.526. The molecule has 126 valence electrons. The summed E-state index contributed by atoms with van der Waals surface area (Å²) in [6, 6.07) is 5.48. The first-order valence-corrected chi connectivity index (χ1v) is 9.02. The van der Waals surface area contributed by atoms with Crippen LogP contribution in [0.25, 0.3) is 11.4 Å². The zero-order valence-corrected chi connectivity index (χ0v) is 14.1. The van der Waals surface area contributed by atoms with Gasteiger partial charge in [0.05, 0.1) is 0 Å². The van der Waals surface area contributed by atoms with Gasteiger partial charge in [-0.2, -0.15) is 0 Å². The van der Waals surface area contributed by atoms with E-state index in [4.69, 9.17) is 0 Å². The Labute approximate surface area is 141 Å². The minimum absolute atomic E-state index is 0.115. The number of pyridine rings is 1. The van der Waals surface area contributed by atoms with Crippen LogP contribution in [0.2, 0.25) is 0 Å². The predicted molar refractivity (Wildman–Crippen MR) is 94.9 cm³/mol. The molecule has 2 aromatic rings. The number of nitrogens with one attached hydrogen (secondary N) is 2. The molecule has 3 atom stereocenters. The molecular weight excluding hydrogens is 300 g/mol. The molecule has 2 aromatic heterocycles. The number of fused-ring (bicyclic) bond motifs is 2. The van der Waals surface area contributed by atoms with Crippen LogP contribution in [0.3, 0.4) is 0 Å². The molecule has 0 spiro atoms. The highest BCUT2D eigenvalue weighted by Gasteiger charge is 2.39. The van der Waals surface area contributed by atoms with Gasteiger partial charge in [-0.3, -0.25) is 4.79 Å². The summed E-state index contributed by atoms with van der Waals surface area (Å²) in [4.78, 5) is 23.4. The second-order valence-electron chi connectivity index (χ2n) is 7.19. The topological polar surface area (TPSA) is 70.7 Å². The molecule has 2 aliphatic carbocycles. The quantitative estimate of drug-likeness (QED) is 0.886. The van der Waals surface area contributed by atoms with Gasteiger partial charge in [0.15, 0.2) is 0 Å². The summed E-state index contributed by atoms with van der Waals surface area (Å²) in [5.74, 6) is 4.20. The van der Waals surface area contributed by atoms with Gasteiger partial charge in [0.25, 0.3) is 5.56 Å². The molecule has 5 nitrogen and oxygen atoms in total. The maximum atomic E-state index is 11.7. The Morgan fingerprint density at radius 3 is 2.88 bits per heavy atom. The number of rotatable bonds is 5. The zero-order chi connectivity index (χ0) is 16.5. The molecule has 0 aromatic carbocycles. The third-order valence-electron chi connectivity index (χ3n) is 5.62. The van der Waals surface area contributed by atoms with Gasteiger partial charge in [-0.25, -0.2) is 9.97 Å². The summed E-state index contributed by atoms with van der Waals surface area (Å²) in [7, 11) is 0. The van der Waals surface area contributed by atoms with Gasteiger partial charge in [-0.05, 0) is 55.6 Å². The first kappa shape index (κ1) is 15.4. The Hall–Kier alpha value is -2.17. The van der Waals surface area contributed by atoms with Crippen molar-refractivity contribution in [3.63, 3.8) is 0 Å². The van der Waals surface area contributed by atoms with E-state index in [9.17, 15) is 4.79 Å². The van der Waals surface area contributed by atoms with Crippen LogP contribution in [-0.2, 0) is 6.42 Å². The fourth-order valence-electron chi connectivity index (χ4n) is 4.33. The van der Waals surface area contributed by atoms with Gasteiger partial charge in [0, 0.05) is 30.1 Å². The van der Waals surface area contributed by atoms with E-state index in [1.165, 1.54) is 25.7 Å². The van der Waals surface area contributed by atoms with E-state index >= 15 is 0 Å². The Morgan fingerprint density at radius 2 is 2.21 bits per heavy atom. The molecule has 2 bridgehead atoms. The molecule has 0 radical (unpaired) electrons. The van der Waals surface area contributed by atoms with Crippen molar-refractivity contribution in [1.29, 1.82) is 0 Å². The number of H-pyrrole nitrogens is 1. The fourth-order valence-corrected chi connectivity index (χ4v) is 4.33. The maximum absolute atomic E-state index is 11.7. The molecule has 0 amide bonds. The Bertz CT molecular complexity index is 768. The van der Waals surface area contributed by atoms with Crippen molar-refractivity contribution in [3.05, 3.63) is 40.4 Å². The number of aryl methyl sites for hydroxylation is 1. The van der Waals surface area contributed by atoms with E-state index in [0.29, 0.717) is 5.82 Å². The standard InChI is InChI=1S/C19H24N4O/c1-2-16-9-18(24)23-19(22-16)14-5-6-17(20-10-14)21-11-15-8-12-3-4-13(15)7-12/h5-6,9-10,12-13,15H,2-4,7-8,11H2,1H3,(H,20,21)(H,22,23,24). The van der Waals surface area contributed by atoms with E-state index < -0.39 is 0 Å². The van der Waals surface area contributed by atoms with Crippen LogP contribution in [0.15, 0.2) is 29.2 Å². The molecule has 2 N–H and O–H groups in total. The predicted octanol–water partition coefficient (Wildman–Crippen LogP) is 3.24. The van der Waals surface area contributed by atoms with Crippen LogP contribution >= 0.6 is 0 Å². The number of nitrogens with zero attached hydrogens (tertiary/aromatic N) is 2. The summed E-state index contributed by atoms with van der Waals surface area (Å²) in [5, 5.41) is 3.48. The van der Waals surface area contributed by atoms with Crippen LogP contribution in [0.4, 0.5) is 5.82 Å². The number of anilines is 1. The lowest BCUT2D eigenvalue weighted by atomic mass is 9.89. The van der Waals surface area contributed by atoms with Crippen molar-refractivity contribution in [2.45, 2.75) is 39.0 Å². The maximum Gasteiger partial charge on any atom is 0.251 e. The molecule has 5 heteroatoms. The van der Waals surface area contributed by atoms with Crippen LogP contribution in [0, 0.1) is 17.8 Å². The molecule has 0 aliphatic heterocycles. The number of hydrogen-bond donors (Lipinski definition) is 2. The zero-order valence-electron chi connectivity index (χ0n) is 14.1. The molecular formula is C19H24N4O. The van der Waals surface area contributed by atoms with Crippen molar-refractivity contribution in [3.8, 4) is 11.4 Å². The average Bonchev–Trinajstić information content (AvgIpc) is 3.23. The van der Waals surface area contributed by atoms with Gasteiger partial charge in [-0.1, -0.05) is 13.3 Å². The van der Waals surface area contributed by atoms with E-state index in [0.717, 1.165) is 47.8 Å². The molecule has 2 heterocycles. The van der Waals surface area contributed by atoms with Crippen LogP contribution in [0.5, 0.6) is 0 Å². The van der Waals surface area contributed by atoms with E-state index in [1.807, 2.05) is 19.1 Å². The van der Waals surface area contributed by atoms with Gasteiger partial charge in [-0.15, -0.1) is 0 Å². The number of aromatic nitrogens is 3. The van der Waals surface area contributed by atoms with Crippen molar-refractivity contribution < 1.29 is 0 Å². The molecule has 2 saturated carbocycles. The smallest absolute Gasteiger partial charge is 0.251 e. The molecule has 4 rings (SSSR count). The van der Waals surface area contributed by atoms with Gasteiger partial charge in [0.1, 0.15) is 11.6 Å². The Morgan fingerprint density at radius 1 is 1.29 bits per heavy atom. The summed E-state index contributed by atoms with van der Waals surface area (Å²) in [6.45, 7) is 3.01. The van der Waals surface area contributed by atoms with E-state index in [1.54, 1.807) is 12.3 Å². The highest BCUT2D eigenvalue weighted by atomic mass is 16.1. The second-order valence-corrected chi connectivity index (χ2v) is 7.19. The van der Waals surface area contributed by atoms with Crippen molar-refractivity contribution in [2.24, 2.45) is 17.8 Å². The minimum Gasteiger partial charge on any atom is -0.370 e. The first-order valence-electron chi connectivity index (χ1n) is 9.02.